The van der Waals surface area contributed by atoms with E-state index in [4.69, 9.17) is 14.2 Å². The number of thioether (sulfide) groups is 1. The van der Waals surface area contributed by atoms with Crippen LogP contribution in [0.15, 0.2) is 0 Å². The monoisotopic (exact) mass is 386 g/mol. The van der Waals surface area contributed by atoms with Gasteiger partial charge in [0.25, 0.3) is 0 Å². The second kappa shape index (κ2) is 9.24. The molecule has 7 N–H and O–H groups in total. The van der Waals surface area contributed by atoms with Crippen molar-refractivity contribution in [1.82, 2.24) is 0 Å². The average Bonchev–Trinajstić information content (AvgIpc) is 2.61. The van der Waals surface area contributed by atoms with Crippen LogP contribution in [-0.4, -0.2) is 122 Å². The number of hydrogen-bond acceptors (Lipinski definition) is 11. The average molecular weight is 386 g/mol. The van der Waals surface area contributed by atoms with E-state index in [-0.39, 0.29) is 0 Å². The molecule has 0 amide bonds. The minimum absolute atomic E-state index is 0.390. The summed E-state index contributed by atoms with van der Waals surface area (Å²) in [5.41, 5.74) is 0. The topological polar surface area (TPSA) is 169 Å². The fraction of sp³-hybridized carbons (Fsp3) is 1.00. The highest BCUT2D eigenvalue weighted by molar-refractivity contribution is 7.98. The van der Waals surface area contributed by atoms with Crippen LogP contribution >= 0.6 is 11.8 Å². The molecule has 2 aliphatic heterocycles. The van der Waals surface area contributed by atoms with Crippen LogP contribution in [0.25, 0.3) is 0 Å². The highest BCUT2D eigenvalue weighted by Crippen LogP contribution is 2.29. The van der Waals surface area contributed by atoms with Gasteiger partial charge in [-0.15, -0.1) is 0 Å². The van der Waals surface area contributed by atoms with E-state index < -0.39 is 74.4 Å². The molecule has 2 saturated heterocycles. The van der Waals surface area contributed by atoms with E-state index in [9.17, 15) is 35.7 Å². The smallest absolute Gasteiger partial charge is 0.187 e. The van der Waals surface area contributed by atoms with Gasteiger partial charge in [-0.05, 0) is 6.26 Å². The Labute approximate surface area is 148 Å². The predicted octanol–water partition coefficient (Wildman–Crippen LogP) is -3.98. The van der Waals surface area contributed by atoms with Gasteiger partial charge in [0.2, 0.25) is 0 Å². The Balaban J connectivity index is 2.11. The van der Waals surface area contributed by atoms with Gasteiger partial charge < -0.3 is 50.0 Å². The lowest BCUT2D eigenvalue weighted by atomic mass is 9.95. The maximum atomic E-state index is 10.3. The summed E-state index contributed by atoms with van der Waals surface area (Å²) >= 11 is 1.40. The quantitative estimate of drug-likeness (QED) is 0.237. The summed E-state index contributed by atoms with van der Waals surface area (Å²) in [7, 11) is 0. The van der Waals surface area contributed by atoms with Gasteiger partial charge >= 0.3 is 0 Å². The third-order valence-electron chi connectivity index (χ3n) is 4.43. The zero-order valence-electron chi connectivity index (χ0n) is 13.7. The molecule has 25 heavy (non-hydrogen) atoms. The lowest BCUT2D eigenvalue weighted by Gasteiger charge is -2.46. The van der Waals surface area contributed by atoms with Crippen LogP contribution in [0.4, 0.5) is 0 Å². The number of aliphatic hydroxyl groups is 7. The molecule has 2 rings (SSSR count). The molecule has 2 heterocycles. The van der Waals surface area contributed by atoms with Crippen LogP contribution in [-0.2, 0) is 14.2 Å². The van der Waals surface area contributed by atoms with Crippen LogP contribution in [0, 0.1) is 0 Å². The van der Waals surface area contributed by atoms with Gasteiger partial charge in [-0.25, -0.2) is 0 Å². The second-order valence-electron chi connectivity index (χ2n) is 6.13. The van der Waals surface area contributed by atoms with Crippen LogP contribution in [0.3, 0.4) is 0 Å². The van der Waals surface area contributed by atoms with Crippen molar-refractivity contribution >= 4 is 11.8 Å². The van der Waals surface area contributed by atoms with Gasteiger partial charge in [-0.2, -0.15) is 11.8 Å². The highest BCUT2D eigenvalue weighted by atomic mass is 32.2. The summed E-state index contributed by atoms with van der Waals surface area (Å²) in [6.07, 6.45) is -11.4. The first-order valence-electron chi connectivity index (χ1n) is 7.93. The molecule has 2 fully saturated rings. The molecule has 0 radical (unpaired) electrons. The van der Waals surface area contributed by atoms with Crippen molar-refractivity contribution in [3.63, 3.8) is 0 Å². The summed E-state index contributed by atoms with van der Waals surface area (Å²) in [6, 6.07) is 0. The molecule has 0 aromatic heterocycles. The van der Waals surface area contributed by atoms with Crippen molar-refractivity contribution in [2.45, 2.75) is 61.2 Å². The Morgan fingerprint density at radius 3 is 1.92 bits per heavy atom. The predicted molar refractivity (Wildman–Crippen MR) is 84.8 cm³/mol. The standard InChI is InChI=1S/C14H26O10S/c1-25-4-7-9(18)11(20)13(6(3-16)22-7)24-14-12(21)10(19)8(17)5(2-15)23-14/h5-21H,2-4H2,1H3. The molecule has 0 bridgehead atoms. The van der Waals surface area contributed by atoms with E-state index in [1.807, 2.05) is 0 Å². The number of rotatable bonds is 6. The van der Waals surface area contributed by atoms with Crippen molar-refractivity contribution in [3.05, 3.63) is 0 Å². The molecule has 0 aromatic carbocycles. The summed E-state index contributed by atoms with van der Waals surface area (Å²) in [4.78, 5) is 0. The van der Waals surface area contributed by atoms with Gasteiger partial charge in [0, 0.05) is 5.75 Å². The zero-order valence-corrected chi connectivity index (χ0v) is 14.5. The maximum Gasteiger partial charge on any atom is 0.187 e. The first-order chi connectivity index (χ1) is 11.8. The molecule has 10 atom stereocenters. The van der Waals surface area contributed by atoms with Crippen molar-refractivity contribution in [3.8, 4) is 0 Å². The van der Waals surface area contributed by atoms with E-state index in [1.54, 1.807) is 6.26 Å². The fourth-order valence-corrected chi connectivity index (χ4v) is 3.57. The van der Waals surface area contributed by atoms with Gasteiger partial charge in [0.05, 0.1) is 19.3 Å². The summed E-state index contributed by atoms with van der Waals surface area (Å²) in [6.45, 7) is -1.15. The molecule has 10 nitrogen and oxygen atoms in total. The molecule has 0 saturated carbocycles. The Morgan fingerprint density at radius 2 is 1.36 bits per heavy atom. The minimum atomic E-state index is -1.66. The molecule has 148 valence electrons. The molecule has 0 aliphatic carbocycles. The lowest BCUT2D eigenvalue weighted by molar-refractivity contribution is -0.341. The van der Waals surface area contributed by atoms with Crippen LogP contribution in [0.1, 0.15) is 0 Å². The Bertz CT molecular complexity index is 411. The van der Waals surface area contributed by atoms with Crippen molar-refractivity contribution in [1.29, 1.82) is 0 Å². The molecule has 10 unspecified atom stereocenters. The minimum Gasteiger partial charge on any atom is -0.394 e. The summed E-state index contributed by atoms with van der Waals surface area (Å²) in [5.74, 6) is 0.390. The SMILES string of the molecule is CSCC1OC(CO)C(OC2OC(CO)C(O)C(O)C2O)C(O)C1O. The molecule has 2 aliphatic rings. The lowest BCUT2D eigenvalue weighted by Crippen LogP contribution is -2.64. The maximum absolute atomic E-state index is 10.3. The van der Waals surface area contributed by atoms with Gasteiger partial charge in [0.1, 0.15) is 48.8 Å². The molecule has 11 heteroatoms. The molecular formula is C14H26O10S. The van der Waals surface area contributed by atoms with Gasteiger partial charge in [-0.3, -0.25) is 0 Å². The largest absolute Gasteiger partial charge is 0.394 e. The first-order valence-corrected chi connectivity index (χ1v) is 9.32. The van der Waals surface area contributed by atoms with Gasteiger partial charge in [0.15, 0.2) is 6.29 Å². The van der Waals surface area contributed by atoms with E-state index in [2.05, 4.69) is 0 Å². The van der Waals surface area contributed by atoms with E-state index in [0.29, 0.717) is 5.75 Å². The van der Waals surface area contributed by atoms with Crippen LogP contribution < -0.4 is 0 Å². The van der Waals surface area contributed by atoms with E-state index in [0.717, 1.165) is 0 Å². The Morgan fingerprint density at radius 1 is 0.760 bits per heavy atom. The molecule has 0 aromatic rings. The number of hydrogen-bond donors (Lipinski definition) is 7. The first kappa shape index (κ1) is 21.3. The Kier molecular flexibility index (Phi) is 7.85. The number of ether oxygens (including phenoxy) is 3. The summed E-state index contributed by atoms with van der Waals surface area (Å²) in [5, 5.41) is 68.7. The van der Waals surface area contributed by atoms with E-state index in [1.165, 1.54) is 11.8 Å². The van der Waals surface area contributed by atoms with Crippen molar-refractivity contribution < 1.29 is 50.0 Å². The van der Waals surface area contributed by atoms with Crippen LogP contribution in [0.5, 0.6) is 0 Å². The normalized spacial score (nSPS) is 48.5. The fourth-order valence-electron chi connectivity index (χ4n) is 2.97. The summed E-state index contributed by atoms with van der Waals surface area (Å²) < 4.78 is 16.2. The molecule has 0 spiro atoms. The third kappa shape index (κ3) is 4.45. The zero-order chi connectivity index (χ0) is 18.7. The van der Waals surface area contributed by atoms with E-state index >= 15 is 0 Å². The second-order valence-corrected chi connectivity index (χ2v) is 7.04. The van der Waals surface area contributed by atoms with Gasteiger partial charge in [-0.1, -0.05) is 0 Å². The Hall–Kier alpha value is -0.0500. The van der Waals surface area contributed by atoms with Crippen molar-refractivity contribution in [2.24, 2.45) is 0 Å². The third-order valence-corrected chi connectivity index (χ3v) is 5.10. The van der Waals surface area contributed by atoms with Crippen LogP contribution in [0.2, 0.25) is 0 Å². The number of aliphatic hydroxyl groups excluding tert-OH is 7. The van der Waals surface area contributed by atoms with Crippen molar-refractivity contribution in [2.75, 3.05) is 25.2 Å². The highest BCUT2D eigenvalue weighted by Gasteiger charge is 2.50. The molecular weight excluding hydrogens is 360 g/mol.